The third-order valence-electron chi connectivity index (χ3n) is 6.36. The zero-order valence-electron chi connectivity index (χ0n) is 12.8. The van der Waals surface area contributed by atoms with Gasteiger partial charge in [-0.2, -0.15) is 0 Å². The first-order valence-corrected chi connectivity index (χ1v) is 8.71. The van der Waals surface area contributed by atoms with Crippen molar-refractivity contribution >= 4 is 22.6 Å². The molecule has 0 aromatic heterocycles. The van der Waals surface area contributed by atoms with E-state index in [1.54, 1.807) is 0 Å². The fraction of sp³-hybridized carbons (Fsp3) is 1.00. The number of halogens is 1. The Bertz CT molecular complexity index is 353. The van der Waals surface area contributed by atoms with E-state index in [0.717, 1.165) is 12.8 Å². The van der Waals surface area contributed by atoms with Crippen LogP contribution in [0.4, 0.5) is 0 Å². The highest BCUT2D eigenvalue weighted by Gasteiger charge is 2.65. The minimum atomic E-state index is -0.672. The summed E-state index contributed by atoms with van der Waals surface area (Å²) in [7, 11) is 0. The summed E-state index contributed by atoms with van der Waals surface area (Å²) in [6.45, 7) is 9.31. The highest BCUT2D eigenvalue weighted by molar-refractivity contribution is 14.1. The molecule has 2 nitrogen and oxygen atoms in total. The van der Waals surface area contributed by atoms with Crippen LogP contribution in [0.5, 0.6) is 0 Å². The Morgan fingerprint density at radius 3 is 2.32 bits per heavy atom. The fourth-order valence-electron chi connectivity index (χ4n) is 5.25. The number of aliphatic hydroxyl groups excluding tert-OH is 1. The Balaban J connectivity index is 2.48. The van der Waals surface area contributed by atoms with Gasteiger partial charge in [-0.15, -0.1) is 0 Å². The van der Waals surface area contributed by atoms with Gasteiger partial charge in [-0.1, -0.05) is 49.8 Å². The molecule has 2 saturated carbocycles. The minimum absolute atomic E-state index is 0.125. The first kappa shape index (κ1) is 16.0. The molecule has 0 saturated heterocycles. The molecule has 0 spiro atoms. The molecule has 0 amide bonds. The van der Waals surface area contributed by atoms with Crippen LogP contribution in [-0.4, -0.2) is 25.8 Å². The maximum Gasteiger partial charge on any atom is 0.0771 e. The lowest BCUT2D eigenvalue weighted by Crippen LogP contribution is -2.66. The van der Waals surface area contributed by atoms with Crippen LogP contribution in [0.25, 0.3) is 0 Å². The molecule has 0 radical (unpaired) electrons. The molecule has 3 heteroatoms. The Morgan fingerprint density at radius 1 is 1.11 bits per heavy atom. The normalized spacial score (nSPS) is 49.7. The largest absolute Gasteiger partial charge is 0.396 e. The third kappa shape index (κ3) is 2.18. The van der Waals surface area contributed by atoms with Crippen LogP contribution in [0.15, 0.2) is 0 Å². The van der Waals surface area contributed by atoms with E-state index < -0.39 is 5.60 Å². The molecule has 0 heterocycles. The molecule has 19 heavy (non-hydrogen) atoms. The Labute approximate surface area is 131 Å². The molecule has 112 valence electrons. The van der Waals surface area contributed by atoms with E-state index in [-0.39, 0.29) is 15.4 Å². The highest BCUT2D eigenvalue weighted by Crippen LogP contribution is 2.67. The molecule has 0 aromatic carbocycles. The molecule has 2 N–H and O–H groups in total. The fourth-order valence-corrected chi connectivity index (χ4v) is 6.41. The summed E-state index contributed by atoms with van der Waals surface area (Å²) in [6.07, 6.45) is 6.39. The van der Waals surface area contributed by atoms with Crippen molar-refractivity contribution < 1.29 is 10.2 Å². The lowest BCUT2D eigenvalue weighted by Gasteiger charge is -2.65. The molecule has 4 unspecified atom stereocenters. The first-order valence-electron chi connectivity index (χ1n) is 7.63. The summed E-state index contributed by atoms with van der Waals surface area (Å²) in [6, 6.07) is 0. The average Bonchev–Trinajstić information content (AvgIpc) is 2.25. The number of alkyl halides is 1. The standard InChI is InChI=1S/C16H29IO2/c1-13(2)7-5-8-14(3)12(13)6-9-15(4,19)16(14,17)10-11-18/h12,18-19H,5-11H2,1-4H3. The first-order chi connectivity index (χ1) is 8.61. The van der Waals surface area contributed by atoms with Gasteiger partial charge in [0.05, 0.1) is 9.02 Å². The molecule has 2 fully saturated rings. The molecule has 4 atom stereocenters. The van der Waals surface area contributed by atoms with E-state index in [9.17, 15) is 10.2 Å². The third-order valence-corrected chi connectivity index (χ3v) is 9.30. The number of rotatable bonds is 2. The SMILES string of the molecule is CC1(C)CCCC2(C)C1CCC(C)(O)C2(I)CCO. The zero-order valence-corrected chi connectivity index (χ0v) is 15.0. The van der Waals surface area contributed by atoms with E-state index in [1.165, 1.54) is 19.3 Å². The van der Waals surface area contributed by atoms with Crippen molar-refractivity contribution in [3.63, 3.8) is 0 Å². The lowest BCUT2D eigenvalue weighted by atomic mass is 9.45. The predicted octanol–water partition coefficient (Wildman–Crippen LogP) is 3.92. The Morgan fingerprint density at radius 2 is 1.74 bits per heavy atom. The average molecular weight is 380 g/mol. The molecule has 0 aromatic rings. The quantitative estimate of drug-likeness (QED) is 0.563. The predicted molar refractivity (Wildman–Crippen MR) is 87.5 cm³/mol. The van der Waals surface area contributed by atoms with Crippen molar-refractivity contribution in [1.82, 2.24) is 0 Å². The topological polar surface area (TPSA) is 40.5 Å². The molecular formula is C16H29IO2. The summed E-state index contributed by atoms with van der Waals surface area (Å²) in [4.78, 5) is 0. The second-order valence-electron chi connectivity index (χ2n) is 7.90. The summed E-state index contributed by atoms with van der Waals surface area (Å²) in [5, 5.41) is 20.5. The van der Waals surface area contributed by atoms with Gasteiger partial charge in [0.2, 0.25) is 0 Å². The van der Waals surface area contributed by atoms with Gasteiger partial charge in [0.15, 0.2) is 0 Å². The van der Waals surface area contributed by atoms with E-state index >= 15 is 0 Å². The van der Waals surface area contributed by atoms with Crippen LogP contribution in [-0.2, 0) is 0 Å². The monoisotopic (exact) mass is 380 g/mol. The molecule has 0 bridgehead atoms. The van der Waals surface area contributed by atoms with Crippen molar-refractivity contribution in [2.45, 2.75) is 75.2 Å². The maximum absolute atomic E-state index is 11.0. The number of hydrogen-bond acceptors (Lipinski definition) is 2. The lowest BCUT2D eigenvalue weighted by molar-refractivity contribution is -0.144. The van der Waals surface area contributed by atoms with Gasteiger partial charge in [-0.25, -0.2) is 0 Å². The van der Waals surface area contributed by atoms with Gasteiger partial charge in [0.1, 0.15) is 0 Å². The van der Waals surface area contributed by atoms with Crippen LogP contribution in [0, 0.1) is 16.7 Å². The van der Waals surface area contributed by atoms with Gasteiger partial charge in [-0.3, -0.25) is 0 Å². The summed E-state index contributed by atoms with van der Waals surface area (Å²) in [5.41, 5.74) is -0.190. The van der Waals surface area contributed by atoms with Crippen LogP contribution in [0.3, 0.4) is 0 Å². The van der Waals surface area contributed by atoms with Crippen LogP contribution < -0.4 is 0 Å². The van der Waals surface area contributed by atoms with Gasteiger partial charge < -0.3 is 10.2 Å². The van der Waals surface area contributed by atoms with Gasteiger partial charge >= 0.3 is 0 Å². The summed E-state index contributed by atoms with van der Waals surface area (Å²) >= 11 is 2.49. The van der Waals surface area contributed by atoms with E-state index in [0.29, 0.717) is 17.8 Å². The number of aliphatic hydroxyl groups is 2. The maximum atomic E-state index is 11.0. The van der Waals surface area contributed by atoms with Gasteiger partial charge in [0, 0.05) is 6.61 Å². The molecule has 2 aliphatic rings. The number of fused-ring (bicyclic) bond motifs is 1. The summed E-state index contributed by atoms with van der Waals surface area (Å²) in [5.74, 6) is 0.650. The van der Waals surface area contributed by atoms with Crippen LogP contribution in [0.2, 0.25) is 0 Å². The van der Waals surface area contributed by atoms with Gasteiger partial charge in [0.25, 0.3) is 0 Å². The molecular weight excluding hydrogens is 351 g/mol. The number of hydrogen-bond donors (Lipinski definition) is 2. The van der Waals surface area contributed by atoms with Crippen LogP contribution >= 0.6 is 22.6 Å². The zero-order chi connectivity index (χ0) is 14.5. The summed E-state index contributed by atoms with van der Waals surface area (Å²) < 4.78 is -0.215. The second kappa shape index (κ2) is 4.84. The van der Waals surface area contributed by atoms with E-state index in [4.69, 9.17) is 0 Å². The Kier molecular flexibility index (Phi) is 4.08. The van der Waals surface area contributed by atoms with E-state index in [2.05, 4.69) is 43.4 Å². The van der Waals surface area contributed by atoms with Crippen LogP contribution in [0.1, 0.15) is 66.2 Å². The van der Waals surface area contributed by atoms with E-state index in [1.807, 2.05) is 6.92 Å². The highest BCUT2D eigenvalue weighted by atomic mass is 127. The van der Waals surface area contributed by atoms with Crippen molar-refractivity contribution in [1.29, 1.82) is 0 Å². The van der Waals surface area contributed by atoms with Crippen molar-refractivity contribution in [2.24, 2.45) is 16.7 Å². The molecule has 2 rings (SSSR count). The van der Waals surface area contributed by atoms with Gasteiger partial charge in [-0.05, 0) is 55.8 Å². The molecule has 2 aliphatic carbocycles. The Hall–Kier alpha value is 0.650. The van der Waals surface area contributed by atoms with Crippen molar-refractivity contribution in [3.8, 4) is 0 Å². The van der Waals surface area contributed by atoms with Crippen molar-refractivity contribution in [2.75, 3.05) is 6.61 Å². The smallest absolute Gasteiger partial charge is 0.0771 e. The molecule has 0 aliphatic heterocycles. The minimum Gasteiger partial charge on any atom is -0.396 e. The van der Waals surface area contributed by atoms with Crippen molar-refractivity contribution in [3.05, 3.63) is 0 Å². The second-order valence-corrected chi connectivity index (χ2v) is 9.74.